The predicted molar refractivity (Wildman–Crippen MR) is 63.4 cm³/mol. The summed E-state index contributed by atoms with van der Waals surface area (Å²) in [7, 11) is 0. The van der Waals surface area contributed by atoms with Gasteiger partial charge in [0.2, 0.25) is 5.13 Å². The SMILES string of the molecule is CCCC(O)CNc1nc(C(C)C)ns1. The normalized spacial score (nSPS) is 13.1. The van der Waals surface area contributed by atoms with Gasteiger partial charge in [0.15, 0.2) is 0 Å². The van der Waals surface area contributed by atoms with Gasteiger partial charge in [-0.25, -0.2) is 4.98 Å². The number of hydrogen-bond donors (Lipinski definition) is 2. The van der Waals surface area contributed by atoms with E-state index in [9.17, 15) is 5.11 Å². The molecule has 0 amide bonds. The van der Waals surface area contributed by atoms with Crippen molar-refractivity contribution in [3.8, 4) is 0 Å². The smallest absolute Gasteiger partial charge is 0.202 e. The Morgan fingerprint density at radius 1 is 1.47 bits per heavy atom. The first-order chi connectivity index (χ1) is 7.13. The maximum Gasteiger partial charge on any atom is 0.202 e. The molecule has 1 atom stereocenters. The van der Waals surface area contributed by atoms with E-state index in [1.54, 1.807) is 0 Å². The Balaban J connectivity index is 2.37. The molecule has 0 aliphatic heterocycles. The second kappa shape index (κ2) is 6.02. The van der Waals surface area contributed by atoms with Crippen LogP contribution in [0.2, 0.25) is 0 Å². The topological polar surface area (TPSA) is 58.0 Å². The Morgan fingerprint density at radius 2 is 2.20 bits per heavy atom. The standard InChI is InChI=1S/C10H19N3OS/c1-4-5-8(14)6-11-10-12-9(7(2)3)13-15-10/h7-8,14H,4-6H2,1-3H3,(H,11,12,13). The molecule has 0 saturated heterocycles. The van der Waals surface area contributed by atoms with Gasteiger partial charge in [0, 0.05) is 24.0 Å². The van der Waals surface area contributed by atoms with Crippen LogP contribution in [0, 0.1) is 0 Å². The first-order valence-electron chi connectivity index (χ1n) is 5.39. The molecule has 1 aromatic rings. The molecule has 5 heteroatoms. The van der Waals surface area contributed by atoms with Crippen LogP contribution in [0.15, 0.2) is 0 Å². The summed E-state index contributed by atoms with van der Waals surface area (Å²) in [6, 6.07) is 0. The summed E-state index contributed by atoms with van der Waals surface area (Å²) in [6.07, 6.45) is 1.53. The molecule has 1 heterocycles. The summed E-state index contributed by atoms with van der Waals surface area (Å²) >= 11 is 1.35. The van der Waals surface area contributed by atoms with Crippen molar-refractivity contribution >= 4 is 16.7 Å². The lowest BCUT2D eigenvalue weighted by molar-refractivity contribution is 0.176. The van der Waals surface area contributed by atoms with Crippen molar-refractivity contribution < 1.29 is 5.11 Å². The highest BCUT2D eigenvalue weighted by Gasteiger charge is 2.08. The van der Waals surface area contributed by atoms with Crippen LogP contribution in [0.4, 0.5) is 5.13 Å². The van der Waals surface area contributed by atoms with Gasteiger partial charge >= 0.3 is 0 Å². The van der Waals surface area contributed by atoms with Crippen LogP contribution < -0.4 is 5.32 Å². The van der Waals surface area contributed by atoms with Gasteiger partial charge in [-0.2, -0.15) is 4.37 Å². The third kappa shape index (κ3) is 4.13. The molecule has 0 bridgehead atoms. The van der Waals surface area contributed by atoms with Gasteiger partial charge in [-0.05, 0) is 6.42 Å². The lowest BCUT2D eigenvalue weighted by Gasteiger charge is -2.08. The molecule has 0 radical (unpaired) electrons. The minimum absolute atomic E-state index is 0.290. The average molecular weight is 229 g/mol. The summed E-state index contributed by atoms with van der Waals surface area (Å²) in [5.41, 5.74) is 0. The molecule has 0 aromatic carbocycles. The molecule has 1 unspecified atom stereocenters. The van der Waals surface area contributed by atoms with Gasteiger partial charge in [-0.1, -0.05) is 27.2 Å². The lowest BCUT2D eigenvalue weighted by Crippen LogP contribution is -2.18. The van der Waals surface area contributed by atoms with E-state index < -0.39 is 0 Å². The molecule has 1 rings (SSSR count). The van der Waals surface area contributed by atoms with E-state index in [-0.39, 0.29) is 6.10 Å². The van der Waals surface area contributed by atoms with Gasteiger partial charge in [0.05, 0.1) is 6.10 Å². The predicted octanol–water partition coefficient (Wildman–Crippen LogP) is 2.23. The molecule has 2 N–H and O–H groups in total. The van der Waals surface area contributed by atoms with Crippen molar-refractivity contribution in [3.63, 3.8) is 0 Å². The van der Waals surface area contributed by atoms with E-state index in [2.05, 4.69) is 35.4 Å². The van der Waals surface area contributed by atoms with Crippen LogP contribution in [-0.4, -0.2) is 27.1 Å². The van der Waals surface area contributed by atoms with Gasteiger partial charge in [-0.15, -0.1) is 0 Å². The average Bonchev–Trinajstić information content (AvgIpc) is 2.63. The molecule has 1 aromatic heterocycles. The number of aliphatic hydroxyl groups is 1. The number of nitrogens with one attached hydrogen (secondary N) is 1. The third-order valence-electron chi connectivity index (χ3n) is 2.07. The molecule has 0 saturated carbocycles. The zero-order chi connectivity index (χ0) is 11.3. The maximum absolute atomic E-state index is 9.52. The Morgan fingerprint density at radius 3 is 2.73 bits per heavy atom. The largest absolute Gasteiger partial charge is 0.391 e. The minimum Gasteiger partial charge on any atom is -0.391 e. The van der Waals surface area contributed by atoms with E-state index in [4.69, 9.17) is 0 Å². The van der Waals surface area contributed by atoms with Gasteiger partial charge in [0.1, 0.15) is 5.82 Å². The number of rotatable bonds is 6. The van der Waals surface area contributed by atoms with Crippen molar-refractivity contribution in [1.29, 1.82) is 0 Å². The van der Waals surface area contributed by atoms with Crippen LogP contribution in [0.5, 0.6) is 0 Å². The fraction of sp³-hybridized carbons (Fsp3) is 0.800. The highest BCUT2D eigenvalue weighted by molar-refractivity contribution is 7.09. The third-order valence-corrected chi connectivity index (χ3v) is 2.76. The summed E-state index contributed by atoms with van der Waals surface area (Å²) in [4.78, 5) is 4.33. The fourth-order valence-electron chi connectivity index (χ4n) is 1.18. The highest BCUT2D eigenvalue weighted by Crippen LogP contribution is 2.17. The van der Waals surface area contributed by atoms with E-state index >= 15 is 0 Å². The second-order valence-electron chi connectivity index (χ2n) is 3.94. The molecule has 0 spiro atoms. The first kappa shape index (κ1) is 12.4. The number of anilines is 1. The Kier molecular flexibility index (Phi) is 4.98. The van der Waals surface area contributed by atoms with E-state index in [0.717, 1.165) is 23.8 Å². The molecular formula is C10H19N3OS. The van der Waals surface area contributed by atoms with Crippen LogP contribution >= 0.6 is 11.5 Å². The van der Waals surface area contributed by atoms with Crippen LogP contribution in [0.25, 0.3) is 0 Å². The van der Waals surface area contributed by atoms with Crippen molar-refractivity contribution in [1.82, 2.24) is 9.36 Å². The van der Waals surface area contributed by atoms with Crippen LogP contribution in [0.3, 0.4) is 0 Å². The van der Waals surface area contributed by atoms with E-state index in [1.165, 1.54) is 11.5 Å². The Hall–Kier alpha value is -0.680. The van der Waals surface area contributed by atoms with Gasteiger partial charge in [0.25, 0.3) is 0 Å². The quantitative estimate of drug-likeness (QED) is 0.785. The molecule has 4 nitrogen and oxygen atoms in total. The van der Waals surface area contributed by atoms with Crippen molar-refractivity contribution in [3.05, 3.63) is 5.82 Å². The van der Waals surface area contributed by atoms with Gasteiger partial charge < -0.3 is 10.4 Å². The van der Waals surface area contributed by atoms with Crippen LogP contribution in [0.1, 0.15) is 45.4 Å². The van der Waals surface area contributed by atoms with Crippen LogP contribution in [-0.2, 0) is 0 Å². The van der Waals surface area contributed by atoms with Crippen molar-refractivity contribution in [2.24, 2.45) is 0 Å². The van der Waals surface area contributed by atoms with Gasteiger partial charge in [-0.3, -0.25) is 0 Å². The summed E-state index contributed by atoms with van der Waals surface area (Å²) in [5.74, 6) is 1.23. The second-order valence-corrected chi connectivity index (χ2v) is 4.69. The van der Waals surface area contributed by atoms with E-state index in [1.807, 2.05) is 0 Å². The zero-order valence-electron chi connectivity index (χ0n) is 9.53. The number of aliphatic hydroxyl groups excluding tert-OH is 1. The molecule has 0 aliphatic carbocycles. The lowest BCUT2D eigenvalue weighted by atomic mass is 10.2. The monoisotopic (exact) mass is 229 g/mol. The molecular weight excluding hydrogens is 210 g/mol. The summed E-state index contributed by atoms with van der Waals surface area (Å²) < 4.78 is 4.23. The molecule has 15 heavy (non-hydrogen) atoms. The first-order valence-corrected chi connectivity index (χ1v) is 6.16. The van der Waals surface area contributed by atoms with Crippen molar-refractivity contribution in [2.45, 2.75) is 45.6 Å². The zero-order valence-corrected chi connectivity index (χ0v) is 10.3. The molecule has 0 aliphatic rings. The number of hydrogen-bond acceptors (Lipinski definition) is 5. The minimum atomic E-state index is -0.290. The molecule has 86 valence electrons. The number of nitrogens with zero attached hydrogens (tertiary/aromatic N) is 2. The highest BCUT2D eigenvalue weighted by atomic mass is 32.1. The summed E-state index contributed by atoms with van der Waals surface area (Å²) in [6.45, 7) is 6.75. The summed E-state index contributed by atoms with van der Waals surface area (Å²) in [5, 5.41) is 13.4. The Bertz CT molecular complexity index is 288. The Labute approximate surface area is 94.9 Å². The van der Waals surface area contributed by atoms with E-state index in [0.29, 0.717) is 12.5 Å². The fourth-order valence-corrected chi connectivity index (χ4v) is 1.90. The van der Waals surface area contributed by atoms with Crippen molar-refractivity contribution in [2.75, 3.05) is 11.9 Å². The molecule has 0 fully saturated rings. The number of aromatic nitrogens is 2. The maximum atomic E-state index is 9.52.